The van der Waals surface area contributed by atoms with Crippen LogP contribution < -0.4 is 10.1 Å². The summed E-state index contributed by atoms with van der Waals surface area (Å²) in [6, 6.07) is 13.8. The first-order chi connectivity index (χ1) is 18.9. The van der Waals surface area contributed by atoms with Crippen molar-refractivity contribution in [1.82, 2.24) is 20.1 Å². The molecule has 3 heterocycles. The lowest BCUT2D eigenvalue weighted by atomic mass is 9.91. The number of carbonyl (C=O) groups excluding carboxylic acids is 2. The topological polar surface area (TPSA) is 132 Å². The summed E-state index contributed by atoms with van der Waals surface area (Å²) in [5.74, 6) is -0.337. The summed E-state index contributed by atoms with van der Waals surface area (Å²) in [6.45, 7) is 2.87. The van der Waals surface area contributed by atoms with Gasteiger partial charge in [-0.05, 0) is 59.9 Å². The Balaban J connectivity index is 1.31. The number of carboxylic acid groups (broad SMARTS) is 1. The standard InChI is InChI=1S/C29H30N4O6/c1-2-39-26-13-22-21(16-32(28(22)36)15-18-7-9-30-10-8-18)11-23(26)27(35)31-14-25(34)24-12-19-5-3-4-6-20(19)17-33(24)29(37)38/h3-11,13,24-25,34H,2,12,14-17H2,1H3,(H,31,35)(H,37,38)/t24-,25+/m0/s1. The lowest BCUT2D eigenvalue weighted by Gasteiger charge is -2.37. The van der Waals surface area contributed by atoms with Crippen LogP contribution in [0.1, 0.15) is 49.9 Å². The minimum Gasteiger partial charge on any atom is -0.493 e. The molecular weight excluding hydrogens is 500 g/mol. The molecule has 0 saturated heterocycles. The van der Waals surface area contributed by atoms with Crippen LogP contribution >= 0.6 is 0 Å². The van der Waals surface area contributed by atoms with E-state index in [-0.39, 0.29) is 30.3 Å². The second-order valence-corrected chi connectivity index (χ2v) is 9.68. The number of ether oxygens (including phenoxy) is 1. The molecule has 0 fully saturated rings. The summed E-state index contributed by atoms with van der Waals surface area (Å²) in [7, 11) is 0. The first-order valence-electron chi connectivity index (χ1n) is 12.9. The molecule has 0 aliphatic carbocycles. The minimum absolute atomic E-state index is 0.142. The third kappa shape index (κ3) is 5.42. The molecule has 2 atom stereocenters. The molecule has 10 heteroatoms. The Morgan fingerprint density at radius 2 is 1.85 bits per heavy atom. The number of amides is 3. The number of rotatable bonds is 8. The van der Waals surface area contributed by atoms with E-state index in [0.29, 0.717) is 37.2 Å². The van der Waals surface area contributed by atoms with Gasteiger partial charge in [0.2, 0.25) is 0 Å². The number of nitrogens with one attached hydrogen (secondary N) is 1. The highest BCUT2D eigenvalue weighted by Crippen LogP contribution is 2.32. The van der Waals surface area contributed by atoms with Crippen molar-refractivity contribution in [3.63, 3.8) is 0 Å². The van der Waals surface area contributed by atoms with Crippen LogP contribution in [0.2, 0.25) is 0 Å². The molecule has 10 nitrogen and oxygen atoms in total. The van der Waals surface area contributed by atoms with Gasteiger partial charge in [0.25, 0.3) is 11.8 Å². The zero-order valence-corrected chi connectivity index (χ0v) is 21.5. The van der Waals surface area contributed by atoms with Crippen molar-refractivity contribution in [2.75, 3.05) is 13.2 Å². The van der Waals surface area contributed by atoms with Gasteiger partial charge in [-0.15, -0.1) is 0 Å². The summed E-state index contributed by atoms with van der Waals surface area (Å²) in [5.41, 5.74) is 4.28. The van der Waals surface area contributed by atoms with Crippen molar-refractivity contribution >= 4 is 17.9 Å². The van der Waals surface area contributed by atoms with Gasteiger partial charge >= 0.3 is 6.09 Å². The number of hydrogen-bond acceptors (Lipinski definition) is 6. The number of aromatic nitrogens is 1. The fourth-order valence-corrected chi connectivity index (χ4v) is 5.22. The predicted molar refractivity (Wildman–Crippen MR) is 141 cm³/mol. The van der Waals surface area contributed by atoms with Crippen molar-refractivity contribution < 1.29 is 29.3 Å². The van der Waals surface area contributed by atoms with Crippen molar-refractivity contribution in [3.8, 4) is 5.75 Å². The summed E-state index contributed by atoms with van der Waals surface area (Å²) < 4.78 is 5.71. The minimum atomic E-state index is -1.13. The number of hydrogen-bond donors (Lipinski definition) is 3. The number of benzene rings is 2. The second kappa shape index (κ2) is 11.1. The van der Waals surface area contributed by atoms with E-state index in [1.807, 2.05) is 36.4 Å². The Kier molecular flexibility index (Phi) is 7.47. The maximum absolute atomic E-state index is 13.3. The molecule has 0 spiro atoms. The van der Waals surface area contributed by atoms with Gasteiger partial charge in [-0.3, -0.25) is 19.5 Å². The quantitative estimate of drug-likeness (QED) is 0.408. The predicted octanol–water partition coefficient (Wildman–Crippen LogP) is 2.83. The van der Waals surface area contributed by atoms with Crippen molar-refractivity contribution in [3.05, 3.63) is 94.3 Å². The summed E-state index contributed by atoms with van der Waals surface area (Å²) in [4.78, 5) is 45.2. The van der Waals surface area contributed by atoms with Crippen LogP contribution in [0.4, 0.5) is 4.79 Å². The Bertz CT molecular complexity index is 1400. The summed E-state index contributed by atoms with van der Waals surface area (Å²) >= 11 is 0. The number of carbonyl (C=O) groups is 3. The SMILES string of the molecule is CCOc1cc2c(cc1C(=O)NC[C@@H](O)[C@@H]1Cc3ccccc3CN1C(=O)O)CN(Cc1ccncc1)C2=O. The third-order valence-electron chi connectivity index (χ3n) is 7.20. The zero-order valence-electron chi connectivity index (χ0n) is 21.5. The van der Waals surface area contributed by atoms with E-state index in [0.717, 1.165) is 16.7 Å². The number of nitrogens with zero attached hydrogens (tertiary/aromatic N) is 3. The van der Waals surface area contributed by atoms with Gasteiger partial charge in [-0.25, -0.2) is 4.79 Å². The van der Waals surface area contributed by atoms with Crippen LogP contribution in [0.25, 0.3) is 0 Å². The Labute approximate surface area is 225 Å². The summed E-state index contributed by atoms with van der Waals surface area (Å²) in [6.07, 6.45) is 1.45. The Morgan fingerprint density at radius 3 is 2.56 bits per heavy atom. The van der Waals surface area contributed by atoms with E-state index in [2.05, 4.69) is 10.3 Å². The van der Waals surface area contributed by atoms with Crippen molar-refractivity contribution in [2.45, 2.75) is 45.1 Å². The van der Waals surface area contributed by atoms with Crippen LogP contribution in [0, 0.1) is 0 Å². The average molecular weight is 531 g/mol. The van der Waals surface area contributed by atoms with Gasteiger partial charge in [0.1, 0.15) is 5.75 Å². The van der Waals surface area contributed by atoms with E-state index in [1.165, 1.54) is 4.90 Å². The van der Waals surface area contributed by atoms with Crippen molar-refractivity contribution in [1.29, 1.82) is 0 Å². The molecule has 3 N–H and O–H groups in total. The van der Waals surface area contributed by atoms with Crippen LogP contribution in [0.15, 0.2) is 60.9 Å². The van der Waals surface area contributed by atoms with Gasteiger partial charge in [0, 0.05) is 44.1 Å². The molecule has 202 valence electrons. The largest absolute Gasteiger partial charge is 0.493 e. The van der Waals surface area contributed by atoms with E-state index in [1.54, 1.807) is 36.4 Å². The number of fused-ring (bicyclic) bond motifs is 2. The van der Waals surface area contributed by atoms with Gasteiger partial charge in [0.15, 0.2) is 0 Å². The van der Waals surface area contributed by atoms with Crippen LogP contribution in [0.5, 0.6) is 5.75 Å². The highest BCUT2D eigenvalue weighted by atomic mass is 16.5. The third-order valence-corrected chi connectivity index (χ3v) is 7.20. The van der Waals surface area contributed by atoms with Gasteiger partial charge in [0.05, 0.1) is 24.3 Å². The smallest absolute Gasteiger partial charge is 0.407 e. The van der Waals surface area contributed by atoms with Crippen LogP contribution in [-0.2, 0) is 26.1 Å². The number of aliphatic hydroxyl groups is 1. The van der Waals surface area contributed by atoms with Crippen LogP contribution in [0.3, 0.4) is 0 Å². The van der Waals surface area contributed by atoms with Gasteiger partial charge in [-0.1, -0.05) is 24.3 Å². The molecule has 2 aromatic carbocycles. The Morgan fingerprint density at radius 1 is 1.10 bits per heavy atom. The van der Waals surface area contributed by atoms with Crippen LogP contribution in [-0.4, -0.2) is 68.2 Å². The van der Waals surface area contributed by atoms with Gasteiger partial charge < -0.3 is 25.2 Å². The fourth-order valence-electron chi connectivity index (χ4n) is 5.22. The molecule has 5 rings (SSSR count). The monoisotopic (exact) mass is 530 g/mol. The normalized spacial score (nSPS) is 16.9. The lowest BCUT2D eigenvalue weighted by Crippen LogP contribution is -2.53. The fraction of sp³-hybridized carbons (Fsp3) is 0.310. The maximum atomic E-state index is 13.3. The van der Waals surface area contributed by atoms with Crippen molar-refractivity contribution in [2.24, 2.45) is 0 Å². The molecule has 0 radical (unpaired) electrons. The Hall–Kier alpha value is -4.44. The zero-order chi connectivity index (χ0) is 27.5. The molecule has 0 saturated carbocycles. The highest BCUT2D eigenvalue weighted by Gasteiger charge is 2.35. The molecule has 39 heavy (non-hydrogen) atoms. The molecule has 1 aromatic heterocycles. The molecule has 3 amide bonds. The number of pyridine rings is 1. The average Bonchev–Trinajstić information content (AvgIpc) is 3.24. The van der Waals surface area contributed by atoms with E-state index in [4.69, 9.17) is 4.74 Å². The van der Waals surface area contributed by atoms with E-state index < -0.39 is 24.1 Å². The lowest BCUT2D eigenvalue weighted by molar-refractivity contribution is 0.0382. The molecule has 2 aliphatic rings. The molecular formula is C29H30N4O6. The van der Waals surface area contributed by atoms with E-state index in [9.17, 15) is 24.6 Å². The molecule has 3 aromatic rings. The van der Waals surface area contributed by atoms with Gasteiger partial charge in [-0.2, -0.15) is 0 Å². The molecule has 2 aliphatic heterocycles. The maximum Gasteiger partial charge on any atom is 0.407 e. The second-order valence-electron chi connectivity index (χ2n) is 9.68. The molecule has 0 bridgehead atoms. The highest BCUT2D eigenvalue weighted by molar-refractivity contribution is 6.03. The number of aliphatic hydroxyl groups excluding tert-OH is 1. The van der Waals surface area contributed by atoms with E-state index >= 15 is 0 Å². The molecule has 0 unspecified atom stereocenters. The first kappa shape index (κ1) is 26.2. The first-order valence-corrected chi connectivity index (χ1v) is 12.9. The summed E-state index contributed by atoms with van der Waals surface area (Å²) in [5, 5.41) is 23.4.